The summed E-state index contributed by atoms with van der Waals surface area (Å²) in [6.45, 7) is 1.55. The number of nitrogens with one attached hydrogen (secondary N) is 1. The van der Waals surface area contributed by atoms with Crippen LogP contribution in [-0.2, 0) is 10.0 Å². The summed E-state index contributed by atoms with van der Waals surface area (Å²) in [5.74, 6) is -0.997. The van der Waals surface area contributed by atoms with E-state index in [0.29, 0.717) is 21.4 Å². The minimum atomic E-state index is -3.86. The number of nitrogens with zero attached hydrogens (tertiary/aromatic N) is 1. The molecule has 0 saturated heterocycles. The van der Waals surface area contributed by atoms with E-state index in [1.807, 2.05) is 0 Å². The lowest BCUT2D eigenvalue weighted by Gasteiger charge is -2.06. The summed E-state index contributed by atoms with van der Waals surface area (Å²) in [7, 11) is -3.86. The molecule has 2 aromatic rings. The highest BCUT2D eigenvalue weighted by atomic mass is 79.9. The second-order valence-corrected chi connectivity index (χ2v) is 7.64. The Morgan fingerprint density at radius 1 is 1.50 bits per heavy atom. The SMILES string of the molecule is Cc1cc(S(=O)(=O)Nc2ncccc2Br)sc1C(=O)O. The molecule has 2 aromatic heterocycles. The molecule has 0 aliphatic heterocycles. The first-order chi connectivity index (χ1) is 9.31. The Kier molecular flexibility index (Phi) is 4.11. The van der Waals surface area contributed by atoms with E-state index in [9.17, 15) is 13.2 Å². The van der Waals surface area contributed by atoms with E-state index >= 15 is 0 Å². The molecule has 2 rings (SSSR count). The highest BCUT2D eigenvalue weighted by Gasteiger charge is 2.22. The molecule has 0 amide bonds. The smallest absolute Gasteiger partial charge is 0.346 e. The van der Waals surface area contributed by atoms with Gasteiger partial charge < -0.3 is 5.11 Å². The second-order valence-electron chi connectivity index (χ2n) is 3.82. The van der Waals surface area contributed by atoms with Crippen molar-refractivity contribution in [2.45, 2.75) is 11.1 Å². The molecule has 0 unspecified atom stereocenters. The van der Waals surface area contributed by atoms with E-state index in [0.717, 1.165) is 0 Å². The number of aromatic nitrogens is 1. The van der Waals surface area contributed by atoms with Gasteiger partial charge in [0.1, 0.15) is 9.09 Å². The van der Waals surface area contributed by atoms with E-state index in [-0.39, 0.29) is 14.9 Å². The quantitative estimate of drug-likeness (QED) is 0.854. The summed E-state index contributed by atoms with van der Waals surface area (Å²) in [4.78, 5) is 14.9. The maximum Gasteiger partial charge on any atom is 0.346 e. The van der Waals surface area contributed by atoms with Crippen LogP contribution in [0.3, 0.4) is 0 Å². The average molecular weight is 377 g/mol. The zero-order chi connectivity index (χ0) is 14.9. The van der Waals surface area contributed by atoms with Crippen LogP contribution in [-0.4, -0.2) is 24.5 Å². The van der Waals surface area contributed by atoms with Gasteiger partial charge in [-0.25, -0.2) is 18.2 Å². The summed E-state index contributed by atoms with van der Waals surface area (Å²) < 4.78 is 27.1. The molecule has 0 radical (unpaired) electrons. The summed E-state index contributed by atoms with van der Waals surface area (Å²) in [6, 6.07) is 4.63. The van der Waals surface area contributed by atoms with Crippen LogP contribution >= 0.6 is 27.3 Å². The lowest BCUT2D eigenvalue weighted by molar-refractivity contribution is 0.0701. The third-order valence-electron chi connectivity index (χ3n) is 2.34. The van der Waals surface area contributed by atoms with Crippen molar-refractivity contribution < 1.29 is 18.3 Å². The van der Waals surface area contributed by atoms with Gasteiger partial charge in [-0.2, -0.15) is 0 Å². The normalized spacial score (nSPS) is 11.3. The minimum absolute atomic E-state index is 0.00506. The fourth-order valence-corrected chi connectivity index (χ4v) is 4.33. The van der Waals surface area contributed by atoms with Crippen molar-refractivity contribution in [2.24, 2.45) is 0 Å². The Morgan fingerprint density at radius 2 is 2.20 bits per heavy atom. The van der Waals surface area contributed by atoms with Gasteiger partial charge in [0.15, 0.2) is 5.82 Å². The minimum Gasteiger partial charge on any atom is -0.477 e. The lowest BCUT2D eigenvalue weighted by atomic mass is 10.3. The number of carbonyl (C=O) groups is 1. The van der Waals surface area contributed by atoms with Gasteiger partial charge in [-0.3, -0.25) is 4.72 Å². The molecule has 20 heavy (non-hydrogen) atoms. The maximum atomic E-state index is 12.2. The monoisotopic (exact) mass is 376 g/mol. The van der Waals surface area contributed by atoms with Crippen LogP contribution in [0, 0.1) is 6.92 Å². The molecule has 0 fully saturated rings. The summed E-state index contributed by atoms with van der Waals surface area (Å²) in [5.41, 5.74) is 0.406. The number of halogens is 1. The standard InChI is InChI=1S/C11H9BrN2O4S2/c1-6-5-8(19-9(6)11(15)16)20(17,18)14-10-7(12)3-2-4-13-10/h2-5H,1H3,(H,13,14)(H,15,16). The number of rotatable bonds is 4. The lowest BCUT2D eigenvalue weighted by Crippen LogP contribution is -2.12. The molecule has 106 valence electrons. The van der Waals surface area contributed by atoms with Gasteiger partial charge in [0.2, 0.25) is 0 Å². The van der Waals surface area contributed by atoms with Crippen molar-refractivity contribution in [1.29, 1.82) is 0 Å². The number of hydrogen-bond donors (Lipinski definition) is 2. The van der Waals surface area contributed by atoms with Gasteiger partial charge in [0.05, 0.1) is 4.47 Å². The van der Waals surface area contributed by atoms with Crippen molar-refractivity contribution in [3.63, 3.8) is 0 Å². The van der Waals surface area contributed by atoms with Gasteiger partial charge in [-0.05, 0) is 46.6 Å². The number of aryl methyl sites for hydroxylation is 1. The molecule has 0 bridgehead atoms. The molecule has 0 spiro atoms. The van der Waals surface area contributed by atoms with Crippen LogP contribution in [0.4, 0.5) is 5.82 Å². The van der Waals surface area contributed by atoms with Crippen LogP contribution in [0.25, 0.3) is 0 Å². The van der Waals surface area contributed by atoms with E-state index in [1.54, 1.807) is 19.1 Å². The molecule has 2 N–H and O–H groups in total. The molecule has 2 heterocycles. The fraction of sp³-hybridized carbons (Fsp3) is 0.0909. The molecule has 6 nitrogen and oxygen atoms in total. The highest BCUT2D eigenvalue weighted by Crippen LogP contribution is 2.28. The molecule has 0 saturated carbocycles. The van der Waals surface area contributed by atoms with Gasteiger partial charge in [-0.1, -0.05) is 0 Å². The van der Waals surface area contributed by atoms with E-state index < -0.39 is 16.0 Å². The van der Waals surface area contributed by atoms with Crippen LogP contribution in [0.5, 0.6) is 0 Å². The number of thiophene rings is 1. The van der Waals surface area contributed by atoms with Crippen molar-refractivity contribution in [2.75, 3.05) is 4.72 Å². The van der Waals surface area contributed by atoms with Crippen molar-refractivity contribution in [1.82, 2.24) is 4.98 Å². The number of carboxylic acids is 1. The van der Waals surface area contributed by atoms with Crippen molar-refractivity contribution >= 4 is 49.1 Å². The van der Waals surface area contributed by atoms with Gasteiger partial charge >= 0.3 is 5.97 Å². The number of aromatic carboxylic acids is 1. The average Bonchev–Trinajstić information content (AvgIpc) is 2.75. The van der Waals surface area contributed by atoms with Crippen LogP contribution < -0.4 is 4.72 Å². The Bertz CT molecular complexity index is 770. The molecule has 0 aliphatic carbocycles. The summed E-state index contributed by atoms with van der Waals surface area (Å²) in [6.07, 6.45) is 1.45. The third kappa shape index (κ3) is 3.00. The van der Waals surface area contributed by atoms with Crippen LogP contribution in [0.2, 0.25) is 0 Å². The maximum absolute atomic E-state index is 12.2. The van der Waals surface area contributed by atoms with E-state index in [2.05, 4.69) is 25.6 Å². The number of sulfonamides is 1. The summed E-state index contributed by atoms with van der Waals surface area (Å²) >= 11 is 3.89. The number of pyridine rings is 1. The number of anilines is 1. The van der Waals surface area contributed by atoms with Gasteiger partial charge in [0.25, 0.3) is 10.0 Å². The fourth-order valence-electron chi connectivity index (χ4n) is 1.44. The van der Waals surface area contributed by atoms with Crippen molar-refractivity contribution in [3.8, 4) is 0 Å². The van der Waals surface area contributed by atoms with Crippen molar-refractivity contribution in [3.05, 3.63) is 39.3 Å². The highest BCUT2D eigenvalue weighted by molar-refractivity contribution is 9.10. The molecule has 0 aliphatic rings. The third-order valence-corrected chi connectivity index (χ3v) is 6.02. The predicted octanol–water partition coefficient (Wildman–Crippen LogP) is 2.71. The first kappa shape index (κ1) is 14.9. The summed E-state index contributed by atoms with van der Waals surface area (Å²) in [5, 5.41) is 8.95. The Balaban J connectivity index is 2.39. The number of carboxylic acid groups (broad SMARTS) is 1. The van der Waals surface area contributed by atoms with Gasteiger partial charge in [0, 0.05) is 6.20 Å². The number of hydrogen-bond acceptors (Lipinski definition) is 5. The Hall–Kier alpha value is -1.45. The second kappa shape index (κ2) is 5.51. The molecule has 9 heteroatoms. The largest absolute Gasteiger partial charge is 0.477 e. The predicted molar refractivity (Wildman–Crippen MR) is 78.8 cm³/mol. The molecular formula is C11H9BrN2O4S2. The topological polar surface area (TPSA) is 96.4 Å². The Labute approximate surface area is 127 Å². The zero-order valence-electron chi connectivity index (χ0n) is 10.1. The first-order valence-electron chi connectivity index (χ1n) is 5.28. The van der Waals surface area contributed by atoms with Crippen LogP contribution in [0.1, 0.15) is 15.2 Å². The van der Waals surface area contributed by atoms with E-state index in [1.165, 1.54) is 12.3 Å². The van der Waals surface area contributed by atoms with Crippen LogP contribution in [0.15, 0.2) is 33.1 Å². The first-order valence-corrected chi connectivity index (χ1v) is 8.37. The molecule has 0 aromatic carbocycles. The Morgan fingerprint density at radius 3 is 2.75 bits per heavy atom. The van der Waals surface area contributed by atoms with Gasteiger partial charge in [-0.15, -0.1) is 11.3 Å². The molecular weight excluding hydrogens is 368 g/mol. The zero-order valence-corrected chi connectivity index (χ0v) is 13.3. The van der Waals surface area contributed by atoms with E-state index in [4.69, 9.17) is 5.11 Å². The molecule has 0 atom stereocenters.